The molecule has 0 radical (unpaired) electrons. The van der Waals surface area contributed by atoms with Gasteiger partial charge in [0.1, 0.15) is 11.5 Å². The van der Waals surface area contributed by atoms with Crippen LogP contribution in [0.1, 0.15) is 88.3 Å². The van der Waals surface area contributed by atoms with Gasteiger partial charge in [0.05, 0.1) is 16.9 Å². The first-order valence-electron chi connectivity index (χ1n) is 15.8. The average Bonchev–Trinajstić information content (AvgIpc) is 3.53. The number of hydrogen-bond acceptors (Lipinski definition) is 7. The number of benzene rings is 2. The lowest BCUT2D eigenvalue weighted by atomic mass is 9.81. The molecule has 218 valence electrons. The number of nitrogens with two attached hydrogens (primary N) is 1. The summed E-state index contributed by atoms with van der Waals surface area (Å²) in [6.07, 6.45) is 15.7. The molecule has 3 aromatic rings. The van der Waals surface area contributed by atoms with Gasteiger partial charge in [0, 0.05) is 36.1 Å². The van der Waals surface area contributed by atoms with Crippen molar-refractivity contribution in [3.8, 4) is 11.5 Å². The van der Waals surface area contributed by atoms with E-state index in [0.29, 0.717) is 24.0 Å². The summed E-state index contributed by atoms with van der Waals surface area (Å²) in [5.41, 5.74) is 12.1. The van der Waals surface area contributed by atoms with Gasteiger partial charge in [-0.3, -0.25) is 4.90 Å². The monoisotopic (exact) mass is 571 g/mol. The summed E-state index contributed by atoms with van der Waals surface area (Å²) in [6, 6.07) is 17.3. The van der Waals surface area contributed by atoms with Gasteiger partial charge in [-0.05, 0) is 81.3 Å². The van der Waals surface area contributed by atoms with E-state index in [4.69, 9.17) is 15.5 Å². The molecule has 0 spiro atoms. The topological polar surface area (TPSA) is 67.0 Å². The van der Waals surface area contributed by atoms with Crippen molar-refractivity contribution < 1.29 is 4.74 Å². The molecule has 2 saturated carbocycles. The number of hydrogen-bond donors (Lipinski definition) is 1. The van der Waals surface area contributed by atoms with Crippen LogP contribution in [-0.4, -0.2) is 39.4 Å². The largest absolute Gasteiger partial charge is 0.457 e. The molecule has 0 amide bonds. The van der Waals surface area contributed by atoms with Gasteiger partial charge in [-0.15, -0.1) is 11.3 Å². The van der Waals surface area contributed by atoms with Gasteiger partial charge in [-0.2, -0.15) is 0 Å². The zero-order valence-electron chi connectivity index (χ0n) is 24.3. The first-order chi connectivity index (χ1) is 20.2. The highest BCUT2D eigenvalue weighted by Gasteiger charge is 2.33. The summed E-state index contributed by atoms with van der Waals surface area (Å²) in [5, 5.41) is 2.22. The van der Waals surface area contributed by atoms with Crippen LogP contribution in [0.15, 0.2) is 64.4 Å². The lowest BCUT2D eigenvalue weighted by Gasteiger charge is -2.42. The van der Waals surface area contributed by atoms with Gasteiger partial charge in [-0.1, -0.05) is 56.7 Å². The van der Waals surface area contributed by atoms with E-state index in [9.17, 15) is 0 Å². The molecule has 1 aromatic heterocycles. The fraction of sp³-hybridized carbons (Fsp3) is 0.529. The van der Waals surface area contributed by atoms with Crippen LogP contribution in [0.5, 0.6) is 11.5 Å². The number of fused-ring (bicyclic) bond motifs is 1. The molecule has 7 heteroatoms. The van der Waals surface area contributed by atoms with Crippen molar-refractivity contribution in [1.82, 2.24) is 14.8 Å². The molecule has 0 unspecified atom stereocenters. The van der Waals surface area contributed by atoms with Crippen LogP contribution in [0.3, 0.4) is 0 Å². The summed E-state index contributed by atoms with van der Waals surface area (Å²) in [7, 11) is 0. The highest BCUT2D eigenvalue weighted by Crippen LogP contribution is 2.37. The Morgan fingerprint density at radius 1 is 0.951 bits per heavy atom. The molecule has 1 atom stereocenters. The van der Waals surface area contributed by atoms with E-state index < -0.39 is 0 Å². The normalized spacial score (nSPS) is 19.1. The minimum absolute atomic E-state index is 0.415. The number of ether oxygens (including phenoxy) is 1. The number of nitrogens with zero attached hydrogens (tertiary/aromatic N) is 4. The van der Waals surface area contributed by atoms with Crippen molar-refractivity contribution in [2.24, 2.45) is 16.6 Å². The first-order valence-corrected chi connectivity index (χ1v) is 16.7. The quantitative estimate of drug-likeness (QED) is 0.251. The first kappa shape index (κ1) is 28.2. The molecule has 2 aliphatic carbocycles. The third-order valence-electron chi connectivity index (χ3n) is 9.38. The highest BCUT2D eigenvalue weighted by molar-refractivity contribution is 7.07. The van der Waals surface area contributed by atoms with Crippen LogP contribution in [0.2, 0.25) is 0 Å². The molecule has 1 aliphatic heterocycles. The summed E-state index contributed by atoms with van der Waals surface area (Å²) in [5.74, 6) is 3.05. The second kappa shape index (κ2) is 13.8. The minimum Gasteiger partial charge on any atom is -0.457 e. The summed E-state index contributed by atoms with van der Waals surface area (Å²) in [4.78, 5) is 14.7. The molecule has 41 heavy (non-hydrogen) atoms. The third-order valence-corrected chi connectivity index (χ3v) is 10.0. The van der Waals surface area contributed by atoms with Crippen LogP contribution in [0, 0.1) is 5.92 Å². The lowest BCUT2D eigenvalue weighted by molar-refractivity contribution is 0.125. The molecule has 0 saturated heterocycles. The number of rotatable bonds is 11. The maximum absolute atomic E-state index is 6.73. The van der Waals surface area contributed by atoms with Crippen molar-refractivity contribution in [3.63, 3.8) is 0 Å². The second-order valence-corrected chi connectivity index (χ2v) is 12.9. The Labute approximate surface area is 249 Å². The SMILES string of the molecule is NC1=Nc2ccc(Oc3ccccc3)cc2CN1[C@@H](CCCN(Cc1cscn1)C1CCCCC1)C1CCCCC1. The molecule has 6 rings (SSSR count). The number of aliphatic imine (C=N–C) groups is 1. The smallest absolute Gasteiger partial charge is 0.197 e. The van der Waals surface area contributed by atoms with Gasteiger partial charge >= 0.3 is 0 Å². The molecule has 0 bridgehead atoms. The van der Waals surface area contributed by atoms with E-state index in [2.05, 4.69) is 26.2 Å². The van der Waals surface area contributed by atoms with E-state index in [1.165, 1.54) is 81.9 Å². The maximum Gasteiger partial charge on any atom is 0.197 e. The van der Waals surface area contributed by atoms with Gasteiger partial charge in [0.15, 0.2) is 5.96 Å². The van der Waals surface area contributed by atoms with E-state index in [0.717, 1.165) is 43.2 Å². The Balaban J connectivity index is 1.17. The molecule has 2 N–H and O–H groups in total. The third kappa shape index (κ3) is 7.31. The minimum atomic E-state index is 0.415. The van der Waals surface area contributed by atoms with E-state index in [1.807, 2.05) is 48.0 Å². The molecular weight excluding hydrogens is 526 g/mol. The molecule has 2 heterocycles. The zero-order chi connectivity index (χ0) is 27.9. The summed E-state index contributed by atoms with van der Waals surface area (Å²) >= 11 is 1.71. The Hall–Kier alpha value is -2.90. The Morgan fingerprint density at radius 3 is 2.49 bits per heavy atom. The molecule has 2 aromatic carbocycles. The number of aromatic nitrogens is 1. The van der Waals surface area contributed by atoms with Crippen molar-refractivity contribution >= 4 is 23.0 Å². The van der Waals surface area contributed by atoms with Crippen molar-refractivity contribution in [3.05, 3.63) is 70.7 Å². The number of para-hydroxylation sites is 1. The van der Waals surface area contributed by atoms with Crippen LogP contribution >= 0.6 is 11.3 Å². The molecule has 3 aliphatic rings. The van der Waals surface area contributed by atoms with Gasteiger partial charge < -0.3 is 15.4 Å². The summed E-state index contributed by atoms with van der Waals surface area (Å²) in [6.45, 7) is 2.90. The predicted molar refractivity (Wildman–Crippen MR) is 169 cm³/mol. The van der Waals surface area contributed by atoms with Gasteiger partial charge in [0.25, 0.3) is 0 Å². The zero-order valence-corrected chi connectivity index (χ0v) is 25.1. The highest BCUT2D eigenvalue weighted by atomic mass is 32.1. The Kier molecular flexibility index (Phi) is 9.53. The maximum atomic E-state index is 6.73. The van der Waals surface area contributed by atoms with Crippen LogP contribution in [0.25, 0.3) is 0 Å². The van der Waals surface area contributed by atoms with E-state index in [1.54, 1.807) is 11.3 Å². The van der Waals surface area contributed by atoms with Crippen LogP contribution < -0.4 is 10.5 Å². The van der Waals surface area contributed by atoms with Crippen LogP contribution in [0.4, 0.5) is 5.69 Å². The van der Waals surface area contributed by atoms with E-state index in [-0.39, 0.29) is 0 Å². The van der Waals surface area contributed by atoms with Crippen molar-refractivity contribution in [1.29, 1.82) is 0 Å². The van der Waals surface area contributed by atoms with Crippen LogP contribution in [-0.2, 0) is 13.1 Å². The van der Waals surface area contributed by atoms with Crippen molar-refractivity contribution in [2.75, 3.05) is 6.54 Å². The standard InChI is InChI=1S/C34H45N5OS/c35-34-37-32-19-18-31(40-30-15-8-3-9-16-30)21-27(32)22-39(34)33(26-11-4-1-5-12-26)17-10-20-38(23-28-24-41-25-36-28)29-13-6-2-7-14-29/h3,8-9,15-16,18-19,21,24-26,29,33H,1-2,4-7,10-14,17,20,22-23H2,(H2,35,37)/t33-/m0/s1. The number of thiazole rings is 1. The van der Waals surface area contributed by atoms with Gasteiger partial charge in [0.2, 0.25) is 0 Å². The second-order valence-electron chi connectivity index (χ2n) is 12.2. The molecule has 6 nitrogen and oxygen atoms in total. The predicted octanol–water partition coefficient (Wildman–Crippen LogP) is 8.26. The van der Waals surface area contributed by atoms with Gasteiger partial charge in [-0.25, -0.2) is 9.98 Å². The fourth-order valence-electron chi connectivity index (χ4n) is 7.25. The Morgan fingerprint density at radius 2 is 1.73 bits per heavy atom. The number of guanidine groups is 1. The Bertz CT molecular complexity index is 1250. The molecule has 2 fully saturated rings. The average molecular weight is 572 g/mol. The van der Waals surface area contributed by atoms with Crippen molar-refractivity contribution in [2.45, 2.75) is 102 Å². The molecular formula is C34H45N5OS. The lowest BCUT2D eigenvalue weighted by Crippen LogP contribution is -2.49. The van der Waals surface area contributed by atoms with E-state index >= 15 is 0 Å². The summed E-state index contributed by atoms with van der Waals surface area (Å²) < 4.78 is 6.17. The fourth-order valence-corrected chi connectivity index (χ4v) is 7.80.